The van der Waals surface area contributed by atoms with Gasteiger partial charge in [0.25, 0.3) is 0 Å². The van der Waals surface area contributed by atoms with E-state index in [1.54, 1.807) is 18.3 Å². The Balaban J connectivity index is 1.99. The molecule has 0 fully saturated rings. The number of nitrogens with one attached hydrogen (secondary N) is 1. The van der Waals surface area contributed by atoms with Gasteiger partial charge in [0.05, 0.1) is 11.7 Å². The number of pyridine rings is 2. The van der Waals surface area contributed by atoms with Gasteiger partial charge >= 0.3 is 0 Å². The van der Waals surface area contributed by atoms with Crippen molar-refractivity contribution in [1.29, 1.82) is 0 Å². The van der Waals surface area contributed by atoms with E-state index in [1.807, 2.05) is 36.4 Å². The topological polar surface area (TPSA) is 72.0 Å². The lowest BCUT2D eigenvalue weighted by molar-refractivity contribution is 0.569. The van der Waals surface area contributed by atoms with Crippen LogP contribution in [0.5, 0.6) is 0 Å². The van der Waals surface area contributed by atoms with Crippen LogP contribution in [0, 0.1) is 0 Å². The molecule has 0 aliphatic heterocycles. The lowest BCUT2D eigenvalue weighted by atomic mass is 10.0. The summed E-state index contributed by atoms with van der Waals surface area (Å²) in [6.07, 6.45) is 2.86. The van der Waals surface area contributed by atoms with E-state index in [0.717, 1.165) is 5.56 Å². The lowest BCUT2D eigenvalue weighted by Gasteiger charge is -2.18. The fourth-order valence-corrected chi connectivity index (χ4v) is 3.49. The van der Waals surface area contributed by atoms with Crippen molar-refractivity contribution in [2.75, 3.05) is 0 Å². The minimum atomic E-state index is -3.78. The molecule has 2 heterocycles. The zero-order chi connectivity index (χ0) is 17.0. The maximum Gasteiger partial charge on any atom is 0.243 e. The molecule has 0 aliphatic rings. The van der Waals surface area contributed by atoms with Crippen molar-refractivity contribution in [3.05, 3.63) is 89.5 Å². The highest BCUT2D eigenvalue weighted by molar-refractivity contribution is 7.89. The molecule has 5 nitrogen and oxygen atoms in total. The van der Waals surface area contributed by atoms with E-state index < -0.39 is 16.1 Å². The average molecular weight is 360 g/mol. The van der Waals surface area contributed by atoms with Crippen molar-refractivity contribution < 1.29 is 8.42 Å². The number of aromatic nitrogens is 2. The largest absolute Gasteiger partial charge is 0.259 e. The van der Waals surface area contributed by atoms with Gasteiger partial charge in [-0.2, -0.15) is 4.72 Å². The Kier molecular flexibility index (Phi) is 4.89. The highest BCUT2D eigenvalue weighted by atomic mass is 35.5. The van der Waals surface area contributed by atoms with Crippen LogP contribution in [0.1, 0.15) is 17.3 Å². The van der Waals surface area contributed by atoms with E-state index in [-0.39, 0.29) is 10.0 Å². The molecule has 1 N–H and O–H groups in total. The molecule has 0 saturated heterocycles. The summed E-state index contributed by atoms with van der Waals surface area (Å²) in [5.41, 5.74) is 1.40. The normalized spacial score (nSPS) is 12.7. The maximum absolute atomic E-state index is 12.7. The Morgan fingerprint density at radius 3 is 2.29 bits per heavy atom. The van der Waals surface area contributed by atoms with E-state index in [1.165, 1.54) is 18.3 Å². The Labute approximate surface area is 145 Å². The minimum absolute atomic E-state index is 0.0452. The fourth-order valence-electron chi connectivity index (χ4n) is 2.24. The zero-order valence-electron chi connectivity index (χ0n) is 12.5. The third-order valence-electron chi connectivity index (χ3n) is 3.40. The van der Waals surface area contributed by atoms with Crippen molar-refractivity contribution >= 4 is 21.6 Å². The van der Waals surface area contributed by atoms with Crippen molar-refractivity contribution in [2.45, 2.75) is 10.9 Å². The number of hydrogen-bond donors (Lipinski definition) is 1. The number of nitrogens with zero attached hydrogens (tertiary/aromatic N) is 2. The molecule has 0 saturated carbocycles. The molecule has 2 aromatic heterocycles. The van der Waals surface area contributed by atoms with Crippen LogP contribution in [0.25, 0.3) is 0 Å². The predicted octanol–water partition coefficient (Wildman–Crippen LogP) is 3.20. The molecule has 1 atom stereocenters. The number of rotatable bonds is 5. The molecule has 3 aromatic rings. The molecule has 3 rings (SSSR count). The van der Waals surface area contributed by atoms with Gasteiger partial charge in [0.15, 0.2) is 0 Å². The highest BCUT2D eigenvalue weighted by Crippen LogP contribution is 2.23. The Morgan fingerprint density at radius 1 is 0.917 bits per heavy atom. The number of benzene rings is 1. The maximum atomic E-state index is 12.7. The van der Waals surface area contributed by atoms with E-state index in [4.69, 9.17) is 11.6 Å². The van der Waals surface area contributed by atoms with Gasteiger partial charge in [0, 0.05) is 12.4 Å². The molecule has 0 unspecified atom stereocenters. The Hall–Kier alpha value is -2.28. The third kappa shape index (κ3) is 3.79. The first-order valence-corrected chi connectivity index (χ1v) is 9.02. The summed E-state index contributed by atoms with van der Waals surface area (Å²) >= 11 is 5.72. The molecule has 0 aliphatic carbocycles. The quantitative estimate of drug-likeness (QED) is 0.710. The predicted molar refractivity (Wildman–Crippen MR) is 92.1 cm³/mol. The van der Waals surface area contributed by atoms with Crippen molar-refractivity contribution in [3.63, 3.8) is 0 Å². The van der Waals surface area contributed by atoms with Gasteiger partial charge in [-0.15, -0.1) is 0 Å². The monoisotopic (exact) mass is 359 g/mol. The van der Waals surface area contributed by atoms with E-state index >= 15 is 0 Å². The summed E-state index contributed by atoms with van der Waals surface area (Å²) in [4.78, 5) is 8.16. The molecule has 0 bridgehead atoms. The van der Waals surface area contributed by atoms with Crippen molar-refractivity contribution in [3.8, 4) is 0 Å². The first-order chi connectivity index (χ1) is 11.6. The molecule has 0 radical (unpaired) electrons. The van der Waals surface area contributed by atoms with Gasteiger partial charge in [-0.1, -0.05) is 48.0 Å². The summed E-state index contributed by atoms with van der Waals surface area (Å²) in [6, 6.07) is 16.9. The molecule has 0 spiro atoms. The highest BCUT2D eigenvalue weighted by Gasteiger charge is 2.23. The smallest absolute Gasteiger partial charge is 0.243 e. The summed E-state index contributed by atoms with van der Waals surface area (Å²) < 4.78 is 28.0. The molecular formula is C17H14ClN3O2S. The van der Waals surface area contributed by atoms with E-state index in [0.29, 0.717) is 5.69 Å². The van der Waals surface area contributed by atoms with Gasteiger partial charge in [-0.05, 0) is 29.8 Å². The number of halogens is 1. The second kappa shape index (κ2) is 7.09. The molecule has 7 heteroatoms. The minimum Gasteiger partial charge on any atom is -0.259 e. The molecular weight excluding hydrogens is 346 g/mol. The summed E-state index contributed by atoms with van der Waals surface area (Å²) in [6.45, 7) is 0. The number of sulfonamides is 1. The van der Waals surface area contributed by atoms with Gasteiger partial charge < -0.3 is 0 Å². The van der Waals surface area contributed by atoms with Crippen LogP contribution in [0.2, 0.25) is 5.15 Å². The summed E-state index contributed by atoms with van der Waals surface area (Å²) in [7, 11) is -3.78. The van der Waals surface area contributed by atoms with Gasteiger partial charge in [0.2, 0.25) is 10.0 Å². The van der Waals surface area contributed by atoms with Crippen LogP contribution < -0.4 is 4.72 Å². The van der Waals surface area contributed by atoms with Crippen LogP contribution in [-0.2, 0) is 10.0 Å². The van der Waals surface area contributed by atoms with Crippen LogP contribution in [0.15, 0.2) is 78.0 Å². The summed E-state index contributed by atoms with van der Waals surface area (Å²) in [5.74, 6) is 0. The Bertz CT molecular complexity index is 862. The molecule has 1 aromatic carbocycles. The van der Waals surface area contributed by atoms with Crippen molar-refractivity contribution in [2.24, 2.45) is 0 Å². The van der Waals surface area contributed by atoms with E-state index in [2.05, 4.69) is 14.7 Å². The average Bonchev–Trinajstić information content (AvgIpc) is 2.62. The third-order valence-corrected chi connectivity index (χ3v) is 5.03. The second-order valence-electron chi connectivity index (χ2n) is 5.04. The lowest BCUT2D eigenvalue weighted by Crippen LogP contribution is -2.30. The molecule has 0 amide bonds. The van der Waals surface area contributed by atoms with Gasteiger partial charge in [-0.3, -0.25) is 4.98 Å². The first kappa shape index (κ1) is 16.6. The molecule has 24 heavy (non-hydrogen) atoms. The van der Waals surface area contributed by atoms with Crippen molar-refractivity contribution in [1.82, 2.24) is 14.7 Å². The standard InChI is InChI=1S/C17H14ClN3O2S/c18-16-10-9-14(12-20-16)24(22,23)21-17(13-6-2-1-3-7-13)15-8-4-5-11-19-15/h1-12,17,21H/t17-/m0/s1. The van der Waals surface area contributed by atoms with Gasteiger partial charge in [-0.25, -0.2) is 13.4 Å². The van der Waals surface area contributed by atoms with Crippen LogP contribution in [0.4, 0.5) is 0 Å². The zero-order valence-corrected chi connectivity index (χ0v) is 14.1. The Morgan fingerprint density at radius 2 is 1.67 bits per heavy atom. The number of hydrogen-bond acceptors (Lipinski definition) is 4. The van der Waals surface area contributed by atoms with Crippen LogP contribution in [-0.4, -0.2) is 18.4 Å². The van der Waals surface area contributed by atoms with Crippen LogP contribution in [0.3, 0.4) is 0 Å². The molecule has 122 valence electrons. The van der Waals surface area contributed by atoms with E-state index in [9.17, 15) is 8.42 Å². The fraction of sp³-hybridized carbons (Fsp3) is 0.0588. The SMILES string of the molecule is O=S(=O)(N[C@@H](c1ccccc1)c1ccccn1)c1ccc(Cl)nc1. The van der Waals surface area contributed by atoms with Crippen LogP contribution >= 0.6 is 11.6 Å². The first-order valence-electron chi connectivity index (χ1n) is 7.16. The summed E-state index contributed by atoms with van der Waals surface area (Å²) in [5, 5.41) is 0.235. The van der Waals surface area contributed by atoms with Gasteiger partial charge in [0.1, 0.15) is 10.0 Å². The second-order valence-corrected chi connectivity index (χ2v) is 7.14.